The summed E-state index contributed by atoms with van der Waals surface area (Å²) in [7, 11) is 1.30. The van der Waals surface area contributed by atoms with E-state index in [4.69, 9.17) is 40.3 Å². The predicted molar refractivity (Wildman–Crippen MR) is 415 cm³/mol. The summed E-state index contributed by atoms with van der Waals surface area (Å²) in [6, 6.07) is 22.2. The Morgan fingerprint density at radius 2 is 1.01 bits per heavy atom. The van der Waals surface area contributed by atoms with E-state index in [1.54, 1.807) is 69.2 Å². The Morgan fingerprint density at radius 1 is 0.535 bits per heavy atom. The van der Waals surface area contributed by atoms with Gasteiger partial charge in [0.1, 0.15) is 5.69 Å². The number of rotatable bonds is 23. The maximum absolute atomic E-state index is 13.2. The zero-order valence-corrected chi connectivity index (χ0v) is 65.6. The second-order valence-corrected chi connectivity index (χ2v) is 28.0. The summed E-state index contributed by atoms with van der Waals surface area (Å²) < 4.78 is 36.7. The maximum Gasteiger partial charge on any atom is 1.00 e. The number of aliphatic hydroxyl groups excluding tert-OH is 1. The number of methoxy groups -OCH3 is 1. The zero-order chi connectivity index (χ0) is 77.7. The number of nitrogens with zero attached hydrogens (tertiary/aromatic N) is 12. The number of hydrogen-bond acceptors (Lipinski definition) is 22. The minimum atomic E-state index is -1.43. The Morgan fingerprint density at radius 3 is 1.51 bits per heavy atom. The number of anilines is 3. The minimum absolute atomic E-state index is 0. The van der Waals surface area contributed by atoms with Crippen LogP contribution in [0.5, 0.6) is 0 Å². The van der Waals surface area contributed by atoms with Crippen LogP contribution in [0.3, 0.4) is 0 Å². The van der Waals surface area contributed by atoms with Crippen molar-refractivity contribution in [2.45, 2.75) is 172 Å². The summed E-state index contributed by atoms with van der Waals surface area (Å²) in [5, 5.41) is 58.1. The molecule has 10 N–H and O–H groups in total. The van der Waals surface area contributed by atoms with E-state index in [0.29, 0.717) is 74.3 Å². The minimum Gasteiger partial charge on any atom is -0.870 e. The number of nitrogens with two attached hydrogens (primary N) is 2. The molecule has 3 aromatic carbocycles. The second kappa shape index (κ2) is 46.8. The fourth-order valence-electron chi connectivity index (χ4n) is 13.6. The first-order valence-corrected chi connectivity index (χ1v) is 38.8. The van der Waals surface area contributed by atoms with Gasteiger partial charge >= 0.3 is 43.7 Å². The molecular formula is C80H104Li2N18O14. The van der Waals surface area contributed by atoms with Crippen molar-refractivity contribution in [2.75, 3.05) is 88.9 Å². The van der Waals surface area contributed by atoms with E-state index in [0.717, 1.165) is 201 Å². The van der Waals surface area contributed by atoms with Crippen LogP contribution in [-0.2, 0) is 43.3 Å². The Kier molecular flexibility index (Phi) is 37.0. The van der Waals surface area contributed by atoms with E-state index in [-0.39, 0.29) is 102 Å². The fraction of sp³-hybridized carbons (Fsp3) is 0.475. The van der Waals surface area contributed by atoms with Gasteiger partial charge in [-0.1, -0.05) is 74.9 Å². The number of aromatic carboxylic acids is 1. The van der Waals surface area contributed by atoms with Crippen LogP contribution < -0.4 is 75.6 Å². The largest absolute Gasteiger partial charge is 1.00 e. The summed E-state index contributed by atoms with van der Waals surface area (Å²) in [4.78, 5) is 76.2. The average Bonchev–Trinajstić information content (AvgIpc) is 1.69. The van der Waals surface area contributed by atoms with Crippen LogP contribution in [0.25, 0.3) is 33.4 Å². The Labute approximate surface area is 687 Å². The molecule has 0 aliphatic carbocycles. The van der Waals surface area contributed by atoms with E-state index >= 15 is 0 Å². The number of carbonyl (C=O) groups excluding carboxylic acids is 6. The van der Waals surface area contributed by atoms with Gasteiger partial charge in [-0.25, -0.2) is 4.79 Å². The van der Waals surface area contributed by atoms with Crippen LogP contribution in [0.4, 0.5) is 17.1 Å². The number of carboxylic acids is 1. The molecule has 34 heteroatoms. The first-order valence-electron chi connectivity index (χ1n) is 38.8. The Balaban J connectivity index is 0.000000203. The predicted octanol–water partition coefficient (Wildman–Crippen LogP) is 3.49. The number of carbonyl (C=O) groups is 6. The Hall–Kier alpha value is -9.39. The number of fused-ring (bicyclic) bond motifs is 6. The van der Waals surface area contributed by atoms with Gasteiger partial charge in [0.2, 0.25) is 0 Å². The molecular weight excluding hydrogens is 1450 g/mol. The summed E-state index contributed by atoms with van der Waals surface area (Å²) in [6.45, 7) is 9.07. The molecule has 14 rings (SSSR count). The third-order valence-electron chi connectivity index (χ3n) is 19.9. The van der Waals surface area contributed by atoms with Gasteiger partial charge in [0, 0.05) is 149 Å². The topological polar surface area (TPSA) is 429 Å². The molecule has 5 aliphatic rings. The number of unbranched alkanes of at least 4 members (excludes halogenated alkanes) is 6. The first kappa shape index (κ1) is 90.2. The van der Waals surface area contributed by atoms with Gasteiger partial charge in [0.25, 0.3) is 23.6 Å². The summed E-state index contributed by atoms with van der Waals surface area (Å²) in [5.41, 5.74) is 18.9. The number of aliphatic hydroxyl groups is 1. The molecule has 600 valence electrons. The van der Waals surface area contributed by atoms with Crippen molar-refractivity contribution in [1.29, 1.82) is 0 Å². The van der Waals surface area contributed by atoms with Crippen molar-refractivity contribution in [3.63, 3.8) is 0 Å². The molecule has 0 spiro atoms. The summed E-state index contributed by atoms with van der Waals surface area (Å²) in [5.74, 6) is -3.33. The van der Waals surface area contributed by atoms with Crippen LogP contribution in [-0.4, -0.2) is 184 Å². The van der Waals surface area contributed by atoms with Crippen molar-refractivity contribution in [3.8, 4) is 33.4 Å². The molecule has 6 aromatic heterocycles. The molecule has 4 bridgehead atoms. The summed E-state index contributed by atoms with van der Waals surface area (Å²) in [6.07, 6.45) is 35.2. The van der Waals surface area contributed by atoms with Crippen LogP contribution in [0.15, 0.2) is 129 Å². The summed E-state index contributed by atoms with van der Waals surface area (Å²) >= 11 is 0. The van der Waals surface area contributed by atoms with E-state index in [2.05, 4.69) is 51.9 Å². The number of esters is 1. The standard InChI is InChI=1S/C26H34N6O4.C25H32N6O4.C25H30N6O3.C4H8O2.2Li.H2O/c1-35-26(34)24-23(18-32(30-24)22-9-13-36-14-10-22)29-25(33)20-8-6-7-19(15-20)21-16-28-31(17-21)12-5-3-2-4-11-27;26-10-3-1-2-4-11-30-16-20(15-27-30)18-6-5-7-19(14-18)24(32)28-22-17-31(29-23(22)25(33)34)21-8-12-35-13-9-21;32-24-19-7-5-6-18(14-19)20-15-27-30(16-20)11-4-2-1-3-10-26-25(33)23-22(28-24)17-31(29-23)21-8-12-34-13-9-21;5-4-2-1-3-6-4;;;/h6-8,15-18,22H,2-5,9-14,27H2,1H3,(H,29,33);5-7,14-17,21H,1-4,8-13,26H2,(H,28,32)(H,33,34);5-7,14-17,21H,1-4,8-13H2,(H,26,33)(H,28,32);4-5H,1-3H2;;;1H2/q;;;;2*+1;/p-2. The molecule has 5 aliphatic heterocycles. The first-order chi connectivity index (χ1) is 54.2. The molecule has 0 saturated carbocycles. The maximum atomic E-state index is 13.2. The third-order valence-corrected chi connectivity index (χ3v) is 19.9. The quantitative estimate of drug-likeness (QED) is 0.0274. The van der Waals surface area contributed by atoms with Gasteiger partial charge in [-0.3, -0.25) is 47.3 Å². The number of amides is 4. The number of ether oxygens (including phenoxy) is 5. The van der Waals surface area contributed by atoms with Gasteiger partial charge in [-0.05, 0) is 150 Å². The van der Waals surface area contributed by atoms with Gasteiger partial charge < -0.3 is 76.9 Å². The van der Waals surface area contributed by atoms with Crippen molar-refractivity contribution < 1.29 is 106 Å². The van der Waals surface area contributed by atoms with Crippen LogP contribution in [0, 0.1) is 0 Å². The average molecular weight is 1560 g/mol. The molecule has 1 unspecified atom stereocenters. The second-order valence-electron chi connectivity index (χ2n) is 28.0. The van der Waals surface area contributed by atoms with Crippen molar-refractivity contribution in [1.82, 2.24) is 64.0 Å². The number of aryl methyl sites for hydroxylation is 3. The van der Waals surface area contributed by atoms with E-state index in [9.17, 15) is 33.9 Å². The molecule has 9 aromatic rings. The number of carboxylic acid groups (broad SMARTS) is 1. The van der Waals surface area contributed by atoms with Gasteiger partial charge in [-0.15, -0.1) is 0 Å². The number of nitrogens with one attached hydrogen (secondary N) is 4. The molecule has 114 heavy (non-hydrogen) atoms. The number of aromatic nitrogens is 12. The fourth-order valence-corrected chi connectivity index (χ4v) is 13.6. The van der Waals surface area contributed by atoms with Crippen LogP contribution >= 0.6 is 0 Å². The molecule has 4 fully saturated rings. The van der Waals surface area contributed by atoms with E-state index < -0.39 is 24.1 Å². The number of hydrogen-bond donors (Lipinski definition) is 7. The van der Waals surface area contributed by atoms with Crippen molar-refractivity contribution >= 4 is 52.6 Å². The zero-order valence-electron chi connectivity index (χ0n) is 65.6. The molecule has 11 heterocycles. The Bertz CT molecular complexity index is 4490. The molecule has 32 nitrogen and oxygen atoms in total. The smallest absolute Gasteiger partial charge is 0.870 e. The van der Waals surface area contributed by atoms with E-state index in [1.165, 1.54) is 7.11 Å². The normalized spacial score (nSPS) is 16.1. The monoisotopic (exact) mass is 1550 g/mol. The number of benzene rings is 3. The molecule has 0 radical (unpaired) electrons. The van der Waals surface area contributed by atoms with E-state index in [1.807, 2.05) is 87.5 Å². The third kappa shape index (κ3) is 26.3. The van der Waals surface area contributed by atoms with Crippen molar-refractivity contribution in [2.24, 2.45) is 11.5 Å². The van der Waals surface area contributed by atoms with Gasteiger partial charge in [-0.2, -0.15) is 30.6 Å². The van der Waals surface area contributed by atoms with Crippen molar-refractivity contribution in [3.05, 3.63) is 162 Å². The van der Waals surface area contributed by atoms with Crippen LogP contribution in [0.2, 0.25) is 0 Å². The molecule has 4 amide bonds. The SMILES string of the molecule is COC(=O)c1nn(C2CCOCC2)cc1NC(=O)c1cccc(-c2cnn(CCCCCCN)c2)c1.NCCCCCCn1cc(-c2cccc(C(=O)Nc3cn(C4CCOCC4)nc3C(=O)[O-])c2)cn1.O=C1Nc2cn(C3CCOCC3)nc2C(=O)NCCCCCCn2cc(cn2)-c2cccc1c2.OC1CCCO1.[Li+].[Li+].[OH-]. The van der Waals surface area contributed by atoms with Gasteiger partial charge in [0.15, 0.2) is 17.7 Å². The van der Waals surface area contributed by atoms with Crippen LogP contribution in [0.1, 0.15) is 209 Å². The van der Waals surface area contributed by atoms with Gasteiger partial charge in [0.05, 0.1) is 66.9 Å². The molecule has 4 saturated heterocycles. The molecule has 1 atom stereocenters.